The Labute approximate surface area is 136 Å². The molecule has 2 aliphatic rings. The first-order valence-electron chi connectivity index (χ1n) is 7.90. The SMILES string of the molecule is COc1ccc(N2C(=O)CC(N3CC(C)OC(C)C3)C2=O)cc1. The summed E-state index contributed by atoms with van der Waals surface area (Å²) in [5.74, 6) is 0.388. The van der Waals surface area contributed by atoms with E-state index >= 15 is 0 Å². The van der Waals surface area contributed by atoms with E-state index in [-0.39, 0.29) is 30.4 Å². The minimum Gasteiger partial charge on any atom is -0.497 e. The van der Waals surface area contributed by atoms with Gasteiger partial charge in [-0.25, -0.2) is 4.90 Å². The molecule has 0 aliphatic carbocycles. The third-order valence-corrected chi connectivity index (χ3v) is 4.34. The fourth-order valence-corrected chi connectivity index (χ4v) is 3.38. The van der Waals surface area contributed by atoms with Crippen molar-refractivity contribution < 1.29 is 19.1 Å². The number of nitrogens with zero attached hydrogens (tertiary/aromatic N) is 2. The lowest BCUT2D eigenvalue weighted by atomic mass is 10.1. The highest BCUT2D eigenvalue weighted by Crippen LogP contribution is 2.28. The van der Waals surface area contributed by atoms with Gasteiger partial charge in [-0.1, -0.05) is 0 Å². The average molecular weight is 318 g/mol. The largest absolute Gasteiger partial charge is 0.497 e. The summed E-state index contributed by atoms with van der Waals surface area (Å²) in [6.07, 6.45) is 0.359. The molecule has 124 valence electrons. The molecule has 0 bridgehead atoms. The third-order valence-electron chi connectivity index (χ3n) is 4.34. The molecule has 3 atom stereocenters. The summed E-state index contributed by atoms with van der Waals surface area (Å²) in [6, 6.07) is 6.59. The fourth-order valence-electron chi connectivity index (χ4n) is 3.38. The molecule has 6 nitrogen and oxygen atoms in total. The summed E-state index contributed by atoms with van der Waals surface area (Å²) in [5, 5.41) is 0. The van der Waals surface area contributed by atoms with E-state index in [1.54, 1.807) is 31.4 Å². The number of amides is 2. The number of benzene rings is 1. The number of morpholine rings is 1. The Kier molecular flexibility index (Phi) is 4.37. The molecular formula is C17H22N2O4. The van der Waals surface area contributed by atoms with Crippen LogP contribution in [0.5, 0.6) is 5.75 Å². The van der Waals surface area contributed by atoms with Gasteiger partial charge >= 0.3 is 0 Å². The van der Waals surface area contributed by atoms with Crippen LogP contribution in [0.3, 0.4) is 0 Å². The molecule has 23 heavy (non-hydrogen) atoms. The van der Waals surface area contributed by atoms with Gasteiger partial charge in [0.05, 0.1) is 37.5 Å². The molecule has 2 amide bonds. The zero-order chi connectivity index (χ0) is 16.6. The topological polar surface area (TPSA) is 59.1 Å². The van der Waals surface area contributed by atoms with Crippen molar-refractivity contribution in [1.29, 1.82) is 0 Å². The number of imide groups is 1. The van der Waals surface area contributed by atoms with Gasteiger partial charge in [0.1, 0.15) is 5.75 Å². The monoisotopic (exact) mass is 318 g/mol. The summed E-state index contributed by atoms with van der Waals surface area (Å²) in [7, 11) is 1.58. The van der Waals surface area contributed by atoms with Crippen molar-refractivity contribution in [3.8, 4) is 5.75 Å². The lowest BCUT2D eigenvalue weighted by molar-refractivity contribution is -0.127. The third kappa shape index (κ3) is 3.09. The smallest absolute Gasteiger partial charge is 0.251 e. The Morgan fingerprint density at radius 3 is 2.26 bits per heavy atom. The number of methoxy groups -OCH3 is 1. The Morgan fingerprint density at radius 1 is 1.09 bits per heavy atom. The van der Waals surface area contributed by atoms with Crippen molar-refractivity contribution in [2.45, 2.75) is 38.5 Å². The van der Waals surface area contributed by atoms with Gasteiger partial charge in [0.2, 0.25) is 5.91 Å². The van der Waals surface area contributed by atoms with Crippen LogP contribution in [0.1, 0.15) is 20.3 Å². The molecule has 0 saturated carbocycles. The number of carbonyl (C=O) groups excluding carboxylic acids is 2. The van der Waals surface area contributed by atoms with Crippen LogP contribution in [0, 0.1) is 0 Å². The average Bonchev–Trinajstić information content (AvgIpc) is 2.81. The maximum Gasteiger partial charge on any atom is 0.251 e. The van der Waals surface area contributed by atoms with Crippen molar-refractivity contribution in [1.82, 2.24) is 4.90 Å². The number of carbonyl (C=O) groups is 2. The summed E-state index contributed by atoms with van der Waals surface area (Å²) >= 11 is 0. The van der Waals surface area contributed by atoms with Crippen molar-refractivity contribution in [2.24, 2.45) is 0 Å². The van der Waals surface area contributed by atoms with Crippen molar-refractivity contribution >= 4 is 17.5 Å². The first-order chi connectivity index (χ1) is 11.0. The van der Waals surface area contributed by atoms with Crippen molar-refractivity contribution in [3.63, 3.8) is 0 Å². The standard InChI is InChI=1S/C17H22N2O4/c1-11-9-18(10-12(2)23-11)15-8-16(20)19(17(15)21)13-4-6-14(22-3)7-5-13/h4-7,11-12,15H,8-10H2,1-3H3. The summed E-state index contributed by atoms with van der Waals surface area (Å²) in [4.78, 5) is 28.5. The highest BCUT2D eigenvalue weighted by atomic mass is 16.5. The molecule has 2 heterocycles. The first-order valence-corrected chi connectivity index (χ1v) is 7.90. The van der Waals surface area contributed by atoms with E-state index in [0.717, 1.165) is 0 Å². The lowest BCUT2D eigenvalue weighted by Gasteiger charge is -2.37. The molecule has 2 saturated heterocycles. The Balaban J connectivity index is 1.79. The number of rotatable bonds is 3. The van der Waals surface area contributed by atoms with E-state index in [0.29, 0.717) is 24.5 Å². The van der Waals surface area contributed by atoms with Crippen LogP contribution in [0.25, 0.3) is 0 Å². The molecule has 2 fully saturated rings. The second-order valence-electron chi connectivity index (χ2n) is 6.20. The van der Waals surface area contributed by atoms with E-state index in [9.17, 15) is 9.59 Å². The first kappa shape index (κ1) is 16.0. The van der Waals surface area contributed by atoms with E-state index < -0.39 is 6.04 Å². The van der Waals surface area contributed by atoms with Gasteiger partial charge in [0.15, 0.2) is 0 Å². The Bertz CT molecular complexity index is 591. The van der Waals surface area contributed by atoms with Crippen LogP contribution in [0.2, 0.25) is 0 Å². The lowest BCUT2D eigenvalue weighted by Crippen LogP contribution is -2.52. The highest BCUT2D eigenvalue weighted by Gasteiger charge is 2.44. The van der Waals surface area contributed by atoms with Crippen molar-refractivity contribution in [2.75, 3.05) is 25.1 Å². The van der Waals surface area contributed by atoms with Crippen molar-refractivity contribution in [3.05, 3.63) is 24.3 Å². The van der Waals surface area contributed by atoms with E-state index in [1.807, 2.05) is 13.8 Å². The molecule has 0 aromatic heterocycles. The van der Waals surface area contributed by atoms with Crippen LogP contribution < -0.4 is 9.64 Å². The zero-order valence-corrected chi connectivity index (χ0v) is 13.7. The maximum absolute atomic E-state index is 12.8. The molecule has 2 aliphatic heterocycles. The molecule has 1 aromatic carbocycles. The normalized spacial score (nSPS) is 29.2. The van der Waals surface area contributed by atoms with Gasteiger partial charge < -0.3 is 9.47 Å². The summed E-state index contributed by atoms with van der Waals surface area (Å²) < 4.78 is 10.8. The minimum absolute atomic E-state index is 0.0664. The number of hydrogen-bond donors (Lipinski definition) is 0. The highest BCUT2D eigenvalue weighted by molar-refractivity contribution is 6.22. The van der Waals surface area contributed by atoms with Gasteiger partial charge in [-0.05, 0) is 38.1 Å². The van der Waals surface area contributed by atoms with E-state index in [1.165, 1.54) is 4.90 Å². The number of anilines is 1. The molecule has 1 aromatic rings. The number of ether oxygens (including phenoxy) is 2. The van der Waals surface area contributed by atoms with E-state index in [2.05, 4.69) is 4.90 Å². The zero-order valence-electron chi connectivity index (χ0n) is 13.7. The predicted octanol–water partition coefficient (Wildman–Crippen LogP) is 1.44. The number of hydrogen-bond acceptors (Lipinski definition) is 5. The van der Waals surface area contributed by atoms with Crippen LogP contribution in [-0.2, 0) is 14.3 Å². The Morgan fingerprint density at radius 2 is 1.70 bits per heavy atom. The van der Waals surface area contributed by atoms with E-state index in [4.69, 9.17) is 9.47 Å². The molecule has 0 N–H and O–H groups in total. The van der Waals surface area contributed by atoms with Gasteiger partial charge in [-0.15, -0.1) is 0 Å². The molecule has 3 rings (SSSR count). The predicted molar refractivity (Wildman–Crippen MR) is 85.5 cm³/mol. The molecule has 0 radical (unpaired) electrons. The molecule has 0 spiro atoms. The molecule has 6 heteroatoms. The van der Waals surface area contributed by atoms with Gasteiger partial charge in [0.25, 0.3) is 5.91 Å². The summed E-state index contributed by atoms with van der Waals surface area (Å²) in [6.45, 7) is 5.32. The fraction of sp³-hybridized carbons (Fsp3) is 0.529. The second-order valence-corrected chi connectivity index (χ2v) is 6.20. The quantitative estimate of drug-likeness (QED) is 0.789. The maximum atomic E-state index is 12.8. The molecule has 3 unspecified atom stereocenters. The van der Waals surface area contributed by atoms with Crippen LogP contribution in [-0.4, -0.2) is 55.2 Å². The minimum atomic E-state index is -0.390. The van der Waals surface area contributed by atoms with Gasteiger partial charge in [-0.3, -0.25) is 14.5 Å². The van der Waals surface area contributed by atoms with Crippen LogP contribution >= 0.6 is 0 Å². The van der Waals surface area contributed by atoms with Gasteiger partial charge in [0, 0.05) is 13.1 Å². The van der Waals surface area contributed by atoms with Crippen LogP contribution in [0.4, 0.5) is 5.69 Å². The summed E-state index contributed by atoms with van der Waals surface area (Å²) in [5.41, 5.74) is 0.595. The molecular weight excluding hydrogens is 296 g/mol. The second kappa shape index (κ2) is 6.29. The van der Waals surface area contributed by atoms with Crippen LogP contribution in [0.15, 0.2) is 24.3 Å². The Hall–Kier alpha value is -1.92. The van der Waals surface area contributed by atoms with Gasteiger partial charge in [-0.2, -0.15) is 0 Å².